The van der Waals surface area contributed by atoms with Gasteiger partial charge >= 0.3 is 12.4 Å². The van der Waals surface area contributed by atoms with E-state index in [0.717, 1.165) is 0 Å². The lowest BCUT2D eigenvalue weighted by molar-refractivity contribution is -0.143. The van der Waals surface area contributed by atoms with Gasteiger partial charge in [0.15, 0.2) is 0 Å². The van der Waals surface area contributed by atoms with Crippen LogP contribution < -0.4 is 0 Å². The van der Waals surface area contributed by atoms with Crippen molar-refractivity contribution in [3.05, 3.63) is 70.5 Å². The summed E-state index contributed by atoms with van der Waals surface area (Å²) < 4.78 is 97.9. The molecule has 0 saturated carbocycles. The van der Waals surface area contributed by atoms with Crippen molar-refractivity contribution in [2.75, 3.05) is 13.1 Å². The number of hydrogen-bond acceptors (Lipinski definition) is 2. The maximum atomic E-state index is 13.2. The molecular formula is C21H18F7NO2. The Labute approximate surface area is 173 Å². The average molecular weight is 449 g/mol. The highest BCUT2D eigenvalue weighted by molar-refractivity contribution is 5.49. The van der Waals surface area contributed by atoms with Gasteiger partial charge in [-0.2, -0.15) is 26.3 Å². The quantitative estimate of drug-likeness (QED) is 0.442. The molecule has 31 heavy (non-hydrogen) atoms. The first-order valence-electron chi connectivity index (χ1n) is 9.28. The van der Waals surface area contributed by atoms with Crippen LogP contribution in [0.25, 0.3) is 0 Å². The average Bonchev–Trinajstić information content (AvgIpc) is 3.09. The van der Waals surface area contributed by atoms with Crippen LogP contribution in [0.3, 0.4) is 0 Å². The summed E-state index contributed by atoms with van der Waals surface area (Å²) in [6.45, 7) is 1.67. The molecule has 1 amide bonds. The molecule has 0 N–H and O–H groups in total. The Bertz CT molecular complexity index is 893. The number of amides is 1. The molecule has 3 nitrogen and oxygen atoms in total. The van der Waals surface area contributed by atoms with Crippen molar-refractivity contribution in [2.24, 2.45) is 0 Å². The first-order valence-corrected chi connectivity index (χ1v) is 9.28. The molecule has 168 valence electrons. The molecule has 2 aromatic carbocycles. The number of ether oxygens (including phenoxy) is 1. The van der Waals surface area contributed by atoms with Gasteiger partial charge in [0.2, 0.25) is 6.41 Å². The summed E-state index contributed by atoms with van der Waals surface area (Å²) in [5, 5.41) is 0. The monoisotopic (exact) mass is 449 g/mol. The van der Waals surface area contributed by atoms with E-state index < -0.39 is 47.4 Å². The van der Waals surface area contributed by atoms with Crippen molar-refractivity contribution in [1.29, 1.82) is 0 Å². The molecule has 0 spiro atoms. The maximum Gasteiger partial charge on any atom is 0.416 e. The van der Waals surface area contributed by atoms with Gasteiger partial charge in [0, 0.05) is 19.0 Å². The van der Waals surface area contributed by atoms with Crippen molar-refractivity contribution in [3.63, 3.8) is 0 Å². The second-order valence-corrected chi connectivity index (χ2v) is 7.37. The third-order valence-electron chi connectivity index (χ3n) is 5.20. The van der Waals surface area contributed by atoms with Gasteiger partial charge in [-0.25, -0.2) is 4.39 Å². The van der Waals surface area contributed by atoms with E-state index in [9.17, 15) is 35.5 Å². The van der Waals surface area contributed by atoms with Crippen molar-refractivity contribution in [2.45, 2.75) is 37.4 Å². The summed E-state index contributed by atoms with van der Waals surface area (Å²) >= 11 is 0. The maximum absolute atomic E-state index is 13.2. The highest BCUT2D eigenvalue weighted by atomic mass is 19.4. The van der Waals surface area contributed by atoms with Gasteiger partial charge in [-0.05, 0) is 48.4 Å². The van der Waals surface area contributed by atoms with Crippen molar-refractivity contribution in [3.8, 4) is 0 Å². The molecule has 0 aromatic heterocycles. The highest BCUT2D eigenvalue weighted by Gasteiger charge is 2.39. The second kappa shape index (κ2) is 8.49. The first kappa shape index (κ1) is 23.1. The van der Waals surface area contributed by atoms with E-state index in [1.807, 2.05) is 0 Å². The Morgan fingerprint density at radius 2 is 1.52 bits per heavy atom. The number of rotatable bonds is 5. The molecule has 1 fully saturated rings. The lowest BCUT2D eigenvalue weighted by atomic mass is 9.95. The summed E-state index contributed by atoms with van der Waals surface area (Å²) in [7, 11) is 0. The van der Waals surface area contributed by atoms with Crippen LogP contribution in [0.5, 0.6) is 0 Å². The summed E-state index contributed by atoms with van der Waals surface area (Å²) in [4.78, 5) is 12.6. The normalized spacial score (nSPS) is 20.7. The molecular weight excluding hydrogens is 431 g/mol. The van der Waals surface area contributed by atoms with Gasteiger partial charge in [-0.1, -0.05) is 12.1 Å². The van der Waals surface area contributed by atoms with Gasteiger partial charge in [-0.15, -0.1) is 0 Å². The molecule has 1 saturated heterocycles. The molecule has 1 aliphatic heterocycles. The van der Waals surface area contributed by atoms with E-state index in [-0.39, 0.29) is 24.7 Å². The van der Waals surface area contributed by atoms with Crippen molar-refractivity contribution >= 4 is 6.41 Å². The molecule has 1 heterocycles. The zero-order chi connectivity index (χ0) is 23.0. The zero-order valence-electron chi connectivity index (χ0n) is 16.2. The van der Waals surface area contributed by atoms with Gasteiger partial charge in [0.05, 0.1) is 23.3 Å². The topological polar surface area (TPSA) is 29.5 Å². The number of nitrogens with zero attached hydrogens (tertiary/aromatic N) is 1. The van der Waals surface area contributed by atoms with Gasteiger partial charge in [0.1, 0.15) is 5.82 Å². The summed E-state index contributed by atoms with van der Waals surface area (Å²) in [5.74, 6) is -0.885. The van der Waals surface area contributed by atoms with Crippen molar-refractivity contribution < 1.29 is 40.3 Å². The minimum absolute atomic E-state index is 0.0568. The standard InChI is InChI=1S/C21H18F7NO2/c1-12(14-6-15(20(23,24)25)8-16(7-14)21(26,27)28)31-19-10-29(11-30)9-18(19)13-2-4-17(22)5-3-13/h2-8,11-12,18-19H,9-10H2,1H3/t12-,18+,19-/m1/s1. The lowest BCUT2D eigenvalue weighted by Gasteiger charge is -2.25. The van der Waals surface area contributed by atoms with Gasteiger partial charge < -0.3 is 9.64 Å². The molecule has 3 rings (SSSR count). The Hall–Kier alpha value is -2.62. The van der Waals surface area contributed by atoms with E-state index in [0.29, 0.717) is 24.1 Å². The van der Waals surface area contributed by atoms with Crippen LogP contribution in [-0.4, -0.2) is 30.5 Å². The van der Waals surface area contributed by atoms with E-state index in [1.165, 1.54) is 36.1 Å². The Balaban J connectivity index is 1.90. The first-order chi connectivity index (χ1) is 14.4. The predicted molar refractivity (Wildman–Crippen MR) is 96.5 cm³/mol. The molecule has 0 bridgehead atoms. The van der Waals surface area contributed by atoms with Crippen LogP contribution in [-0.2, 0) is 21.9 Å². The SMILES string of the molecule is C[C@@H](O[C@@H]1CN(C=O)C[C@H]1c1ccc(F)cc1)c1cc(C(F)(F)F)cc(C(F)(F)F)c1. The Morgan fingerprint density at radius 3 is 2.00 bits per heavy atom. The van der Waals surface area contributed by atoms with Crippen LogP contribution in [0.15, 0.2) is 42.5 Å². The molecule has 2 aromatic rings. The third-order valence-corrected chi connectivity index (χ3v) is 5.20. The number of carbonyl (C=O) groups is 1. The van der Waals surface area contributed by atoms with Crippen LogP contribution >= 0.6 is 0 Å². The predicted octanol–water partition coefficient (Wildman–Crippen LogP) is 5.57. The largest absolute Gasteiger partial charge is 0.416 e. The fourth-order valence-corrected chi connectivity index (χ4v) is 3.61. The molecule has 0 aliphatic carbocycles. The third kappa shape index (κ3) is 5.36. The highest BCUT2D eigenvalue weighted by Crippen LogP contribution is 2.39. The van der Waals surface area contributed by atoms with Crippen LogP contribution in [0.2, 0.25) is 0 Å². The van der Waals surface area contributed by atoms with Crippen LogP contribution in [0, 0.1) is 5.82 Å². The number of alkyl halides is 6. The number of halogens is 7. The van der Waals surface area contributed by atoms with E-state index in [1.54, 1.807) is 0 Å². The van der Waals surface area contributed by atoms with Crippen LogP contribution in [0.1, 0.15) is 41.2 Å². The molecule has 10 heteroatoms. The van der Waals surface area contributed by atoms with Gasteiger partial charge in [0.25, 0.3) is 0 Å². The Morgan fingerprint density at radius 1 is 0.968 bits per heavy atom. The number of likely N-dealkylation sites (tertiary alicyclic amines) is 1. The summed E-state index contributed by atoms with van der Waals surface area (Å²) in [5.41, 5.74) is -2.50. The minimum atomic E-state index is -4.96. The number of benzene rings is 2. The molecule has 3 atom stereocenters. The lowest BCUT2D eigenvalue weighted by Crippen LogP contribution is -2.24. The number of carbonyl (C=O) groups excluding carboxylic acids is 1. The molecule has 1 aliphatic rings. The van der Waals surface area contributed by atoms with E-state index >= 15 is 0 Å². The minimum Gasteiger partial charge on any atom is -0.368 e. The summed E-state index contributed by atoms with van der Waals surface area (Å²) in [6.07, 6.45) is -11.2. The smallest absolute Gasteiger partial charge is 0.368 e. The zero-order valence-corrected chi connectivity index (χ0v) is 16.2. The second-order valence-electron chi connectivity index (χ2n) is 7.37. The van der Waals surface area contributed by atoms with Gasteiger partial charge in [-0.3, -0.25) is 4.79 Å². The van der Waals surface area contributed by atoms with Crippen LogP contribution in [0.4, 0.5) is 30.7 Å². The van der Waals surface area contributed by atoms with E-state index in [4.69, 9.17) is 4.74 Å². The van der Waals surface area contributed by atoms with E-state index in [2.05, 4.69) is 0 Å². The summed E-state index contributed by atoms with van der Waals surface area (Å²) in [6, 6.07) is 6.76. The molecule has 0 unspecified atom stereocenters. The number of hydrogen-bond donors (Lipinski definition) is 0. The van der Waals surface area contributed by atoms with Crippen molar-refractivity contribution in [1.82, 2.24) is 4.90 Å². The molecule has 0 radical (unpaired) electrons. The fourth-order valence-electron chi connectivity index (χ4n) is 3.61. The Kier molecular flexibility index (Phi) is 6.31. The fraction of sp³-hybridized carbons (Fsp3) is 0.381.